The van der Waals surface area contributed by atoms with Crippen molar-refractivity contribution in [2.24, 2.45) is 0 Å². The Morgan fingerprint density at radius 3 is 2.50 bits per heavy atom. The molecule has 7 nitrogen and oxygen atoms in total. The summed E-state index contributed by atoms with van der Waals surface area (Å²) in [5.41, 5.74) is 14.0. The van der Waals surface area contributed by atoms with Crippen molar-refractivity contribution in [3.8, 4) is 5.69 Å². The molecule has 4 N–H and O–H groups in total. The minimum absolute atomic E-state index is 0.0591. The van der Waals surface area contributed by atoms with Gasteiger partial charge in [0.25, 0.3) is 5.56 Å². The quantitative estimate of drug-likeness (QED) is 0.417. The molecule has 0 radical (unpaired) electrons. The fraction of sp³-hybridized carbons (Fsp3) is 0.0833. The normalized spacial score (nSPS) is 10.7. The highest BCUT2D eigenvalue weighted by molar-refractivity contribution is 6.35. The number of nitrogens with two attached hydrogens (primary N) is 2. The number of hydrogen-bond acceptors (Lipinski definition) is 6. The molecule has 5 rings (SSSR count). The van der Waals surface area contributed by atoms with Gasteiger partial charge in [-0.1, -0.05) is 48.9 Å². The lowest BCUT2D eigenvalue weighted by atomic mass is 10.1. The van der Waals surface area contributed by atoms with E-state index in [-0.39, 0.29) is 11.5 Å². The molecule has 8 heteroatoms. The second-order valence-corrected chi connectivity index (χ2v) is 7.41. The van der Waals surface area contributed by atoms with Gasteiger partial charge in [0.2, 0.25) is 5.95 Å². The fourth-order valence-electron chi connectivity index (χ4n) is 3.50. The van der Waals surface area contributed by atoms with E-state index in [9.17, 15) is 4.79 Å². The van der Waals surface area contributed by atoms with E-state index in [1.54, 1.807) is 29.0 Å². The number of pyridine rings is 2. The summed E-state index contributed by atoms with van der Waals surface area (Å²) in [6.07, 6.45) is 2.42. The van der Waals surface area contributed by atoms with Crippen molar-refractivity contribution in [3.05, 3.63) is 94.0 Å². The van der Waals surface area contributed by atoms with Crippen LogP contribution in [-0.2, 0) is 6.42 Å². The first-order chi connectivity index (χ1) is 15.5. The van der Waals surface area contributed by atoms with Crippen LogP contribution in [0.5, 0.6) is 0 Å². The number of fused-ring (bicyclic) bond motifs is 2. The molecule has 0 bridgehead atoms. The van der Waals surface area contributed by atoms with Crippen LogP contribution in [0.2, 0.25) is 5.02 Å². The fourth-order valence-corrected chi connectivity index (χ4v) is 3.77. The highest BCUT2D eigenvalue weighted by atomic mass is 35.5. The maximum Gasteiger partial charge on any atom is 0.264 e. The number of aryl methyl sites for hydroxylation is 1. The van der Waals surface area contributed by atoms with Crippen LogP contribution < -0.4 is 17.0 Å². The average molecular weight is 445 g/mol. The van der Waals surface area contributed by atoms with Crippen LogP contribution in [0.25, 0.3) is 27.5 Å². The predicted octanol–water partition coefficient (Wildman–Crippen LogP) is 4.40. The lowest BCUT2D eigenvalue weighted by molar-refractivity contribution is 0.889. The van der Waals surface area contributed by atoms with Gasteiger partial charge in [-0.2, -0.15) is 4.98 Å². The molecule has 0 aliphatic carbocycles. The van der Waals surface area contributed by atoms with Crippen molar-refractivity contribution in [2.45, 2.75) is 13.3 Å². The molecule has 0 atom stereocenters. The van der Waals surface area contributed by atoms with E-state index in [1.807, 2.05) is 55.5 Å². The summed E-state index contributed by atoms with van der Waals surface area (Å²) < 4.78 is 1.74. The van der Waals surface area contributed by atoms with E-state index in [2.05, 4.69) is 15.0 Å². The zero-order valence-electron chi connectivity index (χ0n) is 17.4. The summed E-state index contributed by atoms with van der Waals surface area (Å²) in [5, 5.41) is 1.97. The van der Waals surface area contributed by atoms with Crippen molar-refractivity contribution in [2.75, 3.05) is 11.5 Å². The Labute approximate surface area is 189 Å². The number of hydrogen-bond donors (Lipinski definition) is 2. The first kappa shape index (κ1) is 21.3. The lowest BCUT2D eigenvalue weighted by Gasteiger charge is -2.14. The molecule has 0 saturated heterocycles. The van der Waals surface area contributed by atoms with Crippen LogP contribution >= 0.6 is 11.6 Å². The Kier molecular flexibility index (Phi) is 6.00. The molecule has 3 heterocycles. The summed E-state index contributed by atoms with van der Waals surface area (Å²) in [6, 6.07) is 20.8. The number of nitrogens with zero attached hydrogens (tertiary/aromatic N) is 4. The largest absolute Gasteiger partial charge is 0.382 e. The predicted molar refractivity (Wildman–Crippen MR) is 130 cm³/mol. The third kappa shape index (κ3) is 4.10. The third-order valence-corrected chi connectivity index (χ3v) is 5.26. The highest BCUT2D eigenvalue weighted by Crippen LogP contribution is 2.22. The molecule has 0 spiro atoms. The Hall–Kier alpha value is -3.97. The van der Waals surface area contributed by atoms with Crippen molar-refractivity contribution in [1.82, 2.24) is 19.5 Å². The summed E-state index contributed by atoms with van der Waals surface area (Å²) >= 11 is 6.20. The first-order valence-electron chi connectivity index (χ1n) is 10.0. The van der Waals surface area contributed by atoms with Gasteiger partial charge in [-0.3, -0.25) is 14.3 Å². The number of nitrogen functional groups attached to an aromatic ring is 2. The van der Waals surface area contributed by atoms with Crippen molar-refractivity contribution < 1.29 is 0 Å². The van der Waals surface area contributed by atoms with E-state index in [0.29, 0.717) is 27.3 Å². The minimum Gasteiger partial charge on any atom is -0.382 e. The molecular formula is C24H21ClN6O. The molecule has 0 unspecified atom stereocenters. The Balaban J connectivity index is 0.000000174. The molecule has 5 aromatic rings. The van der Waals surface area contributed by atoms with Crippen molar-refractivity contribution in [1.29, 1.82) is 0 Å². The topological polar surface area (TPSA) is 113 Å². The zero-order chi connectivity index (χ0) is 22.7. The molecule has 0 fully saturated rings. The van der Waals surface area contributed by atoms with E-state index in [1.165, 1.54) is 0 Å². The molecule has 160 valence electrons. The molecule has 0 saturated carbocycles. The van der Waals surface area contributed by atoms with Crippen LogP contribution in [0.3, 0.4) is 0 Å². The van der Waals surface area contributed by atoms with E-state index in [0.717, 1.165) is 23.2 Å². The van der Waals surface area contributed by atoms with Gasteiger partial charge in [-0.05, 0) is 48.2 Å². The summed E-state index contributed by atoms with van der Waals surface area (Å²) in [7, 11) is 0. The van der Waals surface area contributed by atoms with Crippen LogP contribution in [0.1, 0.15) is 12.6 Å². The molecule has 0 aliphatic rings. The van der Waals surface area contributed by atoms with Gasteiger partial charge in [-0.25, -0.2) is 4.98 Å². The van der Waals surface area contributed by atoms with Gasteiger partial charge in [0.15, 0.2) is 5.82 Å². The molecular weight excluding hydrogens is 424 g/mol. The molecule has 2 aromatic carbocycles. The van der Waals surface area contributed by atoms with Gasteiger partial charge in [-0.15, -0.1) is 0 Å². The number of benzene rings is 2. The van der Waals surface area contributed by atoms with Crippen molar-refractivity contribution >= 4 is 45.2 Å². The molecule has 32 heavy (non-hydrogen) atoms. The van der Waals surface area contributed by atoms with E-state index >= 15 is 0 Å². The third-order valence-electron chi connectivity index (χ3n) is 4.95. The maximum atomic E-state index is 12.8. The number of anilines is 2. The van der Waals surface area contributed by atoms with Crippen LogP contribution in [-0.4, -0.2) is 19.5 Å². The first-order valence-corrected chi connectivity index (χ1v) is 10.4. The maximum absolute atomic E-state index is 12.8. The zero-order valence-corrected chi connectivity index (χ0v) is 18.1. The minimum atomic E-state index is -0.0591. The Bertz CT molecular complexity index is 1470. The van der Waals surface area contributed by atoms with Gasteiger partial charge in [0.1, 0.15) is 5.52 Å². The SMILES string of the molecule is CCc1cc2cccc(Cl)c2c(=O)n1-c1ccccc1.Nc1nc(N)c2ncccc2n1. The van der Waals surface area contributed by atoms with E-state index in [4.69, 9.17) is 23.1 Å². The summed E-state index contributed by atoms with van der Waals surface area (Å²) in [4.78, 5) is 24.6. The summed E-state index contributed by atoms with van der Waals surface area (Å²) in [6.45, 7) is 2.05. The monoisotopic (exact) mass is 444 g/mol. The Morgan fingerprint density at radius 1 is 0.969 bits per heavy atom. The molecule has 0 aliphatic heterocycles. The van der Waals surface area contributed by atoms with E-state index < -0.39 is 0 Å². The van der Waals surface area contributed by atoms with Crippen LogP contribution in [0.4, 0.5) is 11.8 Å². The number of aromatic nitrogens is 4. The van der Waals surface area contributed by atoms with Gasteiger partial charge in [0.05, 0.1) is 15.9 Å². The van der Waals surface area contributed by atoms with Crippen LogP contribution in [0, 0.1) is 0 Å². The van der Waals surface area contributed by atoms with Gasteiger partial charge >= 0.3 is 0 Å². The smallest absolute Gasteiger partial charge is 0.264 e. The summed E-state index contributed by atoms with van der Waals surface area (Å²) in [5.74, 6) is 0.492. The highest BCUT2D eigenvalue weighted by Gasteiger charge is 2.12. The molecule has 0 amide bonds. The van der Waals surface area contributed by atoms with Crippen molar-refractivity contribution in [3.63, 3.8) is 0 Å². The van der Waals surface area contributed by atoms with Crippen LogP contribution in [0.15, 0.2) is 77.7 Å². The average Bonchev–Trinajstić information content (AvgIpc) is 2.79. The van der Waals surface area contributed by atoms with Gasteiger partial charge in [0, 0.05) is 17.6 Å². The number of para-hydroxylation sites is 1. The molecule has 3 aromatic heterocycles. The second-order valence-electron chi connectivity index (χ2n) is 7.01. The number of rotatable bonds is 2. The van der Waals surface area contributed by atoms with Gasteiger partial charge < -0.3 is 11.5 Å². The number of halogens is 1. The lowest BCUT2D eigenvalue weighted by Crippen LogP contribution is -2.22. The Morgan fingerprint density at radius 2 is 1.75 bits per heavy atom. The second kappa shape index (κ2) is 9.03. The standard InChI is InChI=1S/C17H14ClNO.C7H7N5/c1-2-13-11-12-7-6-10-15(18)16(12)17(20)19(13)14-8-4-3-5-9-14;8-6-5-4(2-1-3-10-5)11-7(9)12-6/h3-11H,2H2,1H3;1-3H,(H4,8,9,11,12).